The zero-order valence-corrected chi connectivity index (χ0v) is 15.7. The van der Waals surface area contributed by atoms with Gasteiger partial charge < -0.3 is 4.90 Å². The van der Waals surface area contributed by atoms with Crippen LogP contribution in [-0.2, 0) is 11.2 Å². The molecule has 1 saturated carbocycles. The van der Waals surface area contributed by atoms with Crippen molar-refractivity contribution in [1.29, 1.82) is 0 Å². The smallest absolute Gasteiger partial charge is 0.226 e. The first kappa shape index (κ1) is 17.3. The van der Waals surface area contributed by atoms with Crippen molar-refractivity contribution in [2.24, 2.45) is 11.8 Å². The first-order chi connectivity index (χ1) is 12.7. The first-order valence-corrected chi connectivity index (χ1v) is 10.2. The number of amides is 1. The molecule has 2 fully saturated rings. The SMILES string of the molecule is C[C@H]1CCCC[C@H]1N1CCC(Cc2ccc(-c3ccccc3)cc2)C1=O. The second kappa shape index (κ2) is 7.65. The number of benzene rings is 2. The second-order valence-corrected chi connectivity index (χ2v) is 8.11. The summed E-state index contributed by atoms with van der Waals surface area (Å²) in [6.45, 7) is 3.29. The van der Waals surface area contributed by atoms with Gasteiger partial charge in [0.25, 0.3) is 0 Å². The highest BCUT2D eigenvalue weighted by Gasteiger charge is 2.38. The maximum Gasteiger partial charge on any atom is 0.226 e. The Morgan fingerprint density at radius 3 is 2.31 bits per heavy atom. The monoisotopic (exact) mass is 347 g/mol. The minimum absolute atomic E-state index is 0.173. The standard InChI is InChI=1S/C24H29NO/c1-18-7-5-6-10-23(18)25-16-15-22(24(25)26)17-19-11-13-21(14-12-19)20-8-3-2-4-9-20/h2-4,8-9,11-14,18,22-23H,5-7,10,15-17H2,1H3/t18-,22?,23+/m0/s1. The number of nitrogens with zero attached hydrogens (tertiary/aromatic N) is 1. The molecule has 1 aliphatic heterocycles. The molecule has 4 rings (SSSR count). The van der Waals surface area contributed by atoms with Gasteiger partial charge in [0, 0.05) is 18.5 Å². The number of hydrogen-bond donors (Lipinski definition) is 0. The molecule has 1 aliphatic carbocycles. The average Bonchev–Trinajstić information content (AvgIpc) is 3.04. The topological polar surface area (TPSA) is 20.3 Å². The van der Waals surface area contributed by atoms with Crippen LogP contribution in [0.1, 0.15) is 44.6 Å². The van der Waals surface area contributed by atoms with Crippen LogP contribution in [0.5, 0.6) is 0 Å². The van der Waals surface area contributed by atoms with E-state index in [0.29, 0.717) is 17.9 Å². The highest BCUT2D eigenvalue weighted by atomic mass is 16.2. The van der Waals surface area contributed by atoms with Gasteiger partial charge in [-0.05, 0) is 48.3 Å². The van der Waals surface area contributed by atoms with Crippen molar-refractivity contribution < 1.29 is 4.79 Å². The van der Waals surface area contributed by atoms with Crippen LogP contribution in [0.2, 0.25) is 0 Å². The molecular weight excluding hydrogens is 318 g/mol. The van der Waals surface area contributed by atoms with Gasteiger partial charge in [-0.3, -0.25) is 4.79 Å². The lowest BCUT2D eigenvalue weighted by atomic mass is 9.85. The summed E-state index contributed by atoms with van der Waals surface area (Å²) in [5.74, 6) is 1.24. The van der Waals surface area contributed by atoms with E-state index in [4.69, 9.17) is 0 Å². The zero-order chi connectivity index (χ0) is 17.9. The fourth-order valence-electron chi connectivity index (χ4n) is 4.79. The molecule has 1 unspecified atom stereocenters. The van der Waals surface area contributed by atoms with Gasteiger partial charge in [-0.1, -0.05) is 74.4 Å². The minimum Gasteiger partial charge on any atom is -0.339 e. The van der Waals surface area contributed by atoms with Gasteiger partial charge >= 0.3 is 0 Å². The van der Waals surface area contributed by atoms with Crippen LogP contribution in [0.15, 0.2) is 54.6 Å². The number of hydrogen-bond acceptors (Lipinski definition) is 1. The van der Waals surface area contributed by atoms with Gasteiger partial charge in [-0.15, -0.1) is 0 Å². The van der Waals surface area contributed by atoms with E-state index in [1.165, 1.54) is 42.4 Å². The largest absolute Gasteiger partial charge is 0.339 e. The highest BCUT2D eigenvalue weighted by Crippen LogP contribution is 2.33. The Bertz CT molecular complexity index is 737. The van der Waals surface area contributed by atoms with Crippen molar-refractivity contribution in [1.82, 2.24) is 4.90 Å². The summed E-state index contributed by atoms with van der Waals surface area (Å²) in [7, 11) is 0. The average molecular weight is 348 g/mol. The molecule has 2 aromatic rings. The molecule has 1 saturated heterocycles. The van der Waals surface area contributed by atoms with Gasteiger partial charge in [-0.25, -0.2) is 0 Å². The summed E-state index contributed by atoms with van der Waals surface area (Å²) >= 11 is 0. The molecule has 2 aromatic carbocycles. The molecule has 2 aliphatic rings. The summed E-state index contributed by atoms with van der Waals surface area (Å²) < 4.78 is 0. The first-order valence-electron chi connectivity index (χ1n) is 10.2. The predicted octanol–water partition coefficient (Wildman–Crippen LogP) is 5.32. The quantitative estimate of drug-likeness (QED) is 0.732. The van der Waals surface area contributed by atoms with Gasteiger partial charge in [0.05, 0.1) is 0 Å². The van der Waals surface area contributed by atoms with Gasteiger partial charge in [0.15, 0.2) is 0 Å². The van der Waals surface area contributed by atoms with Crippen molar-refractivity contribution >= 4 is 5.91 Å². The van der Waals surface area contributed by atoms with Gasteiger partial charge in [0.1, 0.15) is 0 Å². The Kier molecular flexibility index (Phi) is 5.10. The minimum atomic E-state index is 0.173. The summed E-state index contributed by atoms with van der Waals surface area (Å²) in [4.78, 5) is 15.2. The van der Waals surface area contributed by atoms with E-state index in [1.807, 2.05) is 6.07 Å². The van der Waals surface area contributed by atoms with E-state index >= 15 is 0 Å². The molecule has 0 aromatic heterocycles. The summed E-state index contributed by atoms with van der Waals surface area (Å²) in [5.41, 5.74) is 3.76. The van der Waals surface area contributed by atoms with E-state index in [1.54, 1.807) is 0 Å². The molecule has 0 bridgehead atoms. The third-order valence-corrected chi connectivity index (χ3v) is 6.36. The Hall–Kier alpha value is -2.09. The highest BCUT2D eigenvalue weighted by molar-refractivity contribution is 5.81. The summed E-state index contributed by atoms with van der Waals surface area (Å²) in [6.07, 6.45) is 6.99. The van der Waals surface area contributed by atoms with Crippen LogP contribution >= 0.6 is 0 Å². The third-order valence-electron chi connectivity index (χ3n) is 6.36. The molecule has 1 amide bonds. The van der Waals surface area contributed by atoms with Crippen molar-refractivity contribution in [2.75, 3.05) is 6.54 Å². The van der Waals surface area contributed by atoms with Crippen molar-refractivity contribution in [3.63, 3.8) is 0 Å². The van der Waals surface area contributed by atoms with Crippen LogP contribution < -0.4 is 0 Å². The summed E-state index contributed by atoms with van der Waals surface area (Å²) in [5, 5.41) is 0. The van der Waals surface area contributed by atoms with Crippen LogP contribution in [0.4, 0.5) is 0 Å². The maximum atomic E-state index is 13.0. The molecule has 1 heterocycles. The number of rotatable bonds is 4. The Morgan fingerprint density at radius 2 is 1.58 bits per heavy atom. The lowest BCUT2D eigenvalue weighted by Gasteiger charge is -2.36. The van der Waals surface area contributed by atoms with E-state index in [2.05, 4.69) is 60.4 Å². The maximum absolute atomic E-state index is 13.0. The number of likely N-dealkylation sites (tertiary alicyclic amines) is 1. The molecule has 2 nitrogen and oxygen atoms in total. The Labute approximate surface area is 157 Å². The molecule has 3 atom stereocenters. The van der Waals surface area contributed by atoms with Crippen LogP contribution in [0, 0.1) is 11.8 Å². The molecule has 0 N–H and O–H groups in total. The van der Waals surface area contributed by atoms with Crippen LogP contribution in [0.3, 0.4) is 0 Å². The number of carbonyl (C=O) groups excluding carboxylic acids is 1. The fourth-order valence-corrected chi connectivity index (χ4v) is 4.79. The van der Waals surface area contributed by atoms with E-state index in [-0.39, 0.29) is 5.92 Å². The van der Waals surface area contributed by atoms with Crippen molar-refractivity contribution in [3.8, 4) is 11.1 Å². The second-order valence-electron chi connectivity index (χ2n) is 8.11. The predicted molar refractivity (Wildman–Crippen MR) is 107 cm³/mol. The summed E-state index contributed by atoms with van der Waals surface area (Å²) in [6, 6.07) is 19.7. The molecule has 2 heteroatoms. The van der Waals surface area contributed by atoms with Gasteiger partial charge in [0.2, 0.25) is 5.91 Å². The van der Waals surface area contributed by atoms with Gasteiger partial charge in [-0.2, -0.15) is 0 Å². The fraction of sp³-hybridized carbons (Fsp3) is 0.458. The normalized spacial score (nSPS) is 26.3. The van der Waals surface area contributed by atoms with Crippen molar-refractivity contribution in [3.05, 3.63) is 60.2 Å². The lowest BCUT2D eigenvalue weighted by molar-refractivity contribution is -0.134. The van der Waals surface area contributed by atoms with E-state index in [9.17, 15) is 4.79 Å². The number of carbonyl (C=O) groups is 1. The Morgan fingerprint density at radius 1 is 0.885 bits per heavy atom. The molecule has 136 valence electrons. The molecular formula is C24H29NO. The molecule has 0 spiro atoms. The molecule has 0 radical (unpaired) electrons. The third kappa shape index (κ3) is 3.56. The zero-order valence-electron chi connectivity index (χ0n) is 15.7. The van der Waals surface area contributed by atoms with Crippen molar-refractivity contribution in [2.45, 2.75) is 51.5 Å². The Balaban J connectivity index is 1.41. The lowest BCUT2D eigenvalue weighted by Crippen LogP contribution is -2.43. The van der Waals surface area contributed by atoms with Crippen LogP contribution in [0.25, 0.3) is 11.1 Å². The molecule has 26 heavy (non-hydrogen) atoms. The van der Waals surface area contributed by atoms with E-state index in [0.717, 1.165) is 19.4 Å². The van der Waals surface area contributed by atoms with Crippen LogP contribution in [-0.4, -0.2) is 23.4 Å². The van der Waals surface area contributed by atoms with E-state index < -0.39 is 0 Å².